The van der Waals surface area contributed by atoms with E-state index in [-0.39, 0.29) is 11.1 Å². The van der Waals surface area contributed by atoms with Crippen LogP contribution in [0.2, 0.25) is 0 Å². The molecule has 0 bridgehead atoms. The number of nitrogens with one attached hydrogen (secondary N) is 1. The van der Waals surface area contributed by atoms with Crippen LogP contribution in [0.25, 0.3) is 0 Å². The Morgan fingerprint density at radius 1 is 1.12 bits per heavy atom. The lowest BCUT2D eigenvalue weighted by Crippen LogP contribution is -2.51. The first-order valence-electron chi connectivity index (χ1n) is 7.16. The Balaban J connectivity index is 2.09. The van der Waals surface area contributed by atoms with Gasteiger partial charge in [0.2, 0.25) is 5.72 Å². The van der Waals surface area contributed by atoms with Crippen molar-refractivity contribution in [2.75, 3.05) is 0 Å². The van der Waals surface area contributed by atoms with E-state index >= 15 is 0 Å². The normalized spacial score (nSPS) is 20.2. The van der Waals surface area contributed by atoms with Crippen molar-refractivity contribution >= 4 is 21.8 Å². The van der Waals surface area contributed by atoms with Crippen molar-refractivity contribution in [1.82, 2.24) is 10.4 Å². The van der Waals surface area contributed by atoms with Crippen molar-refractivity contribution in [3.8, 4) is 0 Å². The number of amides is 1. The number of alkyl halides is 3. The average Bonchev–Trinajstić information content (AvgIpc) is 2.94. The van der Waals surface area contributed by atoms with Crippen LogP contribution in [0.4, 0.5) is 13.2 Å². The largest absolute Gasteiger partial charge is 0.432 e. The Morgan fingerprint density at radius 3 is 2.40 bits per heavy atom. The number of nitrogens with zero attached hydrogens (tertiary/aromatic N) is 1. The lowest BCUT2D eigenvalue weighted by Gasteiger charge is -2.33. The molecule has 0 saturated carbocycles. The standard InChI is InChI=1S/C17H12BrF3N2O2/c18-13-8-4-7-12(9-13)16(25)10-14(17(19,20)21)22-23(16)15(24)11-5-2-1-3-6-11/h1-10,22,25H. The van der Waals surface area contributed by atoms with E-state index < -0.39 is 23.5 Å². The molecule has 25 heavy (non-hydrogen) atoms. The maximum atomic E-state index is 13.1. The molecule has 0 radical (unpaired) electrons. The van der Waals surface area contributed by atoms with Crippen molar-refractivity contribution in [3.63, 3.8) is 0 Å². The molecule has 2 aromatic carbocycles. The first-order chi connectivity index (χ1) is 11.7. The molecule has 4 nitrogen and oxygen atoms in total. The highest BCUT2D eigenvalue weighted by Crippen LogP contribution is 2.39. The molecule has 2 aromatic rings. The lowest BCUT2D eigenvalue weighted by molar-refractivity contribution is -0.104. The summed E-state index contributed by atoms with van der Waals surface area (Å²) in [4.78, 5) is 12.7. The van der Waals surface area contributed by atoms with Gasteiger partial charge in [-0.3, -0.25) is 10.2 Å². The van der Waals surface area contributed by atoms with Gasteiger partial charge in [0.15, 0.2) is 0 Å². The summed E-state index contributed by atoms with van der Waals surface area (Å²) < 4.78 is 40.0. The van der Waals surface area contributed by atoms with Gasteiger partial charge in [-0.2, -0.15) is 13.2 Å². The maximum absolute atomic E-state index is 13.1. The second-order valence-electron chi connectivity index (χ2n) is 5.41. The number of hydrogen-bond acceptors (Lipinski definition) is 3. The Kier molecular flexibility index (Phi) is 4.34. The molecule has 0 spiro atoms. The molecular weight excluding hydrogens is 401 g/mol. The third-order valence-corrected chi connectivity index (χ3v) is 4.19. The lowest BCUT2D eigenvalue weighted by atomic mass is 10.0. The molecule has 0 saturated heterocycles. The molecule has 1 heterocycles. The minimum absolute atomic E-state index is 0.109. The average molecular weight is 413 g/mol. The van der Waals surface area contributed by atoms with Gasteiger partial charge in [-0.1, -0.05) is 46.3 Å². The Bertz CT molecular complexity index is 839. The zero-order chi connectivity index (χ0) is 18.2. The fraction of sp³-hybridized carbons (Fsp3) is 0.118. The number of aliphatic hydroxyl groups is 1. The smallest absolute Gasteiger partial charge is 0.362 e. The number of rotatable bonds is 2. The Labute approximate surface area is 149 Å². The van der Waals surface area contributed by atoms with Crippen LogP contribution in [-0.2, 0) is 5.72 Å². The van der Waals surface area contributed by atoms with E-state index in [1.807, 2.05) is 5.43 Å². The van der Waals surface area contributed by atoms with Crippen molar-refractivity contribution < 1.29 is 23.1 Å². The molecule has 3 rings (SSSR count). The van der Waals surface area contributed by atoms with Crippen molar-refractivity contribution in [2.45, 2.75) is 11.9 Å². The second-order valence-corrected chi connectivity index (χ2v) is 6.33. The van der Waals surface area contributed by atoms with Gasteiger partial charge in [-0.15, -0.1) is 0 Å². The van der Waals surface area contributed by atoms with Gasteiger partial charge in [-0.25, -0.2) is 5.01 Å². The summed E-state index contributed by atoms with van der Waals surface area (Å²) >= 11 is 3.21. The molecular formula is C17H12BrF3N2O2. The van der Waals surface area contributed by atoms with Gasteiger partial charge in [0, 0.05) is 21.7 Å². The molecule has 1 atom stereocenters. The molecule has 2 N–H and O–H groups in total. The highest BCUT2D eigenvalue weighted by Gasteiger charge is 2.50. The van der Waals surface area contributed by atoms with Crippen LogP contribution in [0, 0.1) is 0 Å². The predicted molar refractivity (Wildman–Crippen MR) is 87.9 cm³/mol. The molecule has 8 heteroatoms. The third-order valence-electron chi connectivity index (χ3n) is 3.70. The zero-order valence-corrected chi connectivity index (χ0v) is 14.2. The molecule has 1 unspecified atom stereocenters. The SMILES string of the molecule is O=C(c1ccccc1)N1NC(C(F)(F)F)=CC1(O)c1cccc(Br)c1. The van der Waals surface area contributed by atoms with Gasteiger partial charge < -0.3 is 5.11 Å². The number of carbonyl (C=O) groups excluding carboxylic acids is 1. The van der Waals surface area contributed by atoms with Crippen LogP contribution in [0.5, 0.6) is 0 Å². The number of benzene rings is 2. The molecule has 1 aliphatic heterocycles. The molecule has 1 amide bonds. The van der Waals surface area contributed by atoms with Crippen LogP contribution in [0.15, 0.2) is 70.8 Å². The summed E-state index contributed by atoms with van der Waals surface area (Å²) in [5.74, 6) is -0.793. The Hall–Kier alpha value is -2.32. The summed E-state index contributed by atoms with van der Waals surface area (Å²) in [6, 6.07) is 13.9. The molecule has 130 valence electrons. The number of allylic oxidation sites excluding steroid dienone is 1. The summed E-state index contributed by atoms with van der Waals surface area (Å²) in [5, 5.41) is 11.5. The molecule has 0 aromatic heterocycles. The predicted octanol–water partition coefficient (Wildman–Crippen LogP) is 3.70. The van der Waals surface area contributed by atoms with Crippen molar-refractivity contribution in [2.24, 2.45) is 0 Å². The summed E-state index contributed by atoms with van der Waals surface area (Å²) in [7, 11) is 0. The summed E-state index contributed by atoms with van der Waals surface area (Å²) in [6.07, 6.45) is -4.15. The first kappa shape index (κ1) is 17.5. The highest BCUT2D eigenvalue weighted by molar-refractivity contribution is 9.10. The quantitative estimate of drug-likeness (QED) is 0.790. The van der Waals surface area contributed by atoms with Gasteiger partial charge in [0.25, 0.3) is 5.91 Å². The number of halogens is 4. The van der Waals surface area contributed by atoms with Crippen molar-refractivity contribution in [1.29, 1.82) is 0 Å². The van der Waals surface area contributed by atoms with Gasteiger partial charge >= 0.3 is 6.18 Å². The third kappa shape index (κ3) is 3.27. The Morgan fingerprint density at radius 2 is 1.80 bits per heavy atom. The van der Waals surface area contributed by atoms with E-state index in [0.717, 1.165) is 0 Å². The molecule has 0 aliphatic carbocycles. The topological polar surface area (TPSA) is 52.6 Å². The molecule has 0 fully saturated rings. The van der Waals surface area contributed by atoms with Crippen LogP contribution in [-0.4, -0.2) is 22.2 Å². The first-order valence-corrected chi connectivity index (χ1v) is 7.96. The molecule has 1 aliphatic rings. The van der Waals surface area contributed by atoms with Crippen molar-refractivity contribution in [3.05, 3.63) is 82.0 Å². The minimum atomic E-state index is -4.74. The summed E-state index contributed by atoms with van der Waals surface area (Å²) in [5.41, 5.74) is -1.26. The van der Waals surface area contributed by atoms with E-state index in [0.29, 0.717) is 15.6 Å². The number of hydrogen-bond donors (Lipinski definition) is 2. The van der Waals surface area contributed by atoms with Gasteiger partial charge in [0.1, 0.15) is 5.70 Å². The highest BCUT2D eigenvalue weighted by atomic mass is 79.9. The number of hydrazine groups is 1. The number of carbonyl (C=O) groups is 1. The minimum Gasteiger partial charge on any atom is -0.362 e. The van der Waals surface area contributed by atoms with Crippen LogP contribution in [0.1, 0.15) is 15.9 Å². The van der Waals surface area contributed by atoms with Crippen LogP contribution in [0.3, 0.4) is 0 Å². The fourth-order valence-electron chi connectivity index (χ4n) is 2.49. The second kappa shape index (κ2) is 6.20. The van der Waals surface area contributed by atoms with E-state index in [1.165, 1.54) is 24.3 Å². The van der Waals surface area contributed by atoms with E-state index in [4.69, 9.17) is 0 Å². The van der Waals surface area contributed by atoms with Gasteiger partial charge in [0.05, 0.1) is 0 Å². The van der Waals surface area contributed by atoms with E-state index in [9.17, 15) is 23.1 Å². The van der Waals surface area contributed by atoms with Crippen LogP contribution >= 0.6 is 15.9 Å². The maximum Gasteiger partial charge on any atom is 0.432 e. The van der Waals surface area contributed by atoms with Crippen LogP contribution < -0.4 is 5.43 Å². The summed E-state index contributed by atoms with van der Waals surface area (Å²) in [6.45, 7) is 0. The van der Waals surface area contributed by atoms with E-state index in [2.05, 4.69) is 15.9 Å². The zero-order valence-electron chi connectivity index (χ0n) is 12.6. The monoisotopic (exact) mass is 412 g/mol. The van der Waals surface area contributed by atoms with E-state index in [1.54, 1.807) is 30.3 Å². The fourth-order valence-corrected chi connectivity index (χ4v) is 2.89. The van der Waals surface area contributed by atoms with Gasteiger partial charge in [-0.05, 0) is 24.3 Å².